The number of hydrogen-bond acceptors (Lipinski definition) is 5. The molecule has 1 unspecified atom stereocenters. The van der Waals surface area contributed by atoms with Gasteiger partial charge in [-0.15, -0.1) is 10.2 Å². The summed E-state index contributed by atoms with van der Waals surface area (Å²) >= 11 is 0. The summed E-state index contributed by atoms with van der Waals surface area (Å²) in [5.41, 5.74) is 1.32. The number of morpholine rings is 1. The van der Waals surface area contributed by atoms with Crippen LogP contribution in [-0.4, -0.2) is 44.8 Å². The van der Waals surface area contributed by atoms with E-state index in [1.807, 2.05) is 0 Å². The highest BCUT2D eigenvalue weighted by Gasteiger charge is 2.25. The minimum absolute atomic E-state index is 0.0992. The molecule has 0 amide bonds. The first-order chi connectivity index (χ1) is 11.3. The third kappa shape index (κ3) is 3.09. The third-order valence-electron chi connectivity index (χ3n) is 4.18. The maximum Gasteiger partial charge on any atom is 0.204 e. The van der Waals surface area contributed by atoms with Crippen LogP contribution in [0.15, 0.2) is 42.5 Å². The molecule has 6 heteroatoms. The van der Waals surface area contributed by atoms with Gasteiger partial charge >= 0.3 is 0 Å². The van der Waals surface area contributed by atoms with Crippen LogP contribution in [0.1, 0.15) is 17.5 Å². The van der Waals surface area contributed by atoms with Crippen molar-refractivity contribution in [3.63, 3.8) is 0 Å². The van der Waals surface area contributed by atoms with Gasteiger partial charge in [-0.05, 0) is 27.6 Å². The summed E-state index contributed by atoms with van der Waals surface area (Å²) in [6, 6.07) is 15.1. The molecule has 2 aromatic carbocycles. The van der Waals surface area contributed by atoms with Gasteiger partial charge in [-0.1, -0.05) is 36.4 Å². The second-order valence-electron chi connectivity index (χ2n) is 5.91. The summed E-state index contributed by atoms with van der Waals surface area (Å²) in [5.74, 6) is 0.663. The number of aromatic nitrogens is 4. The first-order valence-electron chi connectivity index (χ1n) is 7.83. The van der Waals surface area contributed by atoms with Crippen molar-refractivity contribution in [1.82, 2.24) is 25.1 Å². The number of fused-ring (bicyclic) bond motifs is 1. The predicted molar refractivity (Wildman–Crippen MR) is 86.7 cm³/mol. The topological polar surface area (TPSA) is 56.1 Å². The number of rotatable bonds is 3. The van der Waals surface area contributed by atoms with E-state index in [9.17, 15) is 0 Å². The lowest BCUT2D eigenvalue weighted by Crippen LogP contribution is -2.38. The van der Waals surface area contributed by atoms with Crippen LogP contribution in [-0.2, 0) is 18.3 Å². The number of ether oxygens (including phenoxy) is 1. The first kappa shape index (κ1) is 14.3. The Balaban J connectivity index is 1.48. The summed E-state index contributed by atoms with van der Waals surface area (Å²) in [7, 11) is 1.77. The molecule has 0 radical (unpaired) electrons. The molecule has 1 atom stereocenters. The quantitative estimate of drug-likeness (QED) is 0.740. The van der Waals surface area contributed by atoms with Gasteiger partial charge in [-0.3, -0.25) is 4.90 Å². The molecule has 0 bridgehead atoms. The number of hydrogen-bond donors (Lipinski definition) is 0. The molecule has 4 rings (SSSR count). The summed E-state index contributed by atoms with van der Waals surface area (Å²) < 4.78 is 5.80. The Bertz CT molecular complexity index is 815. The second-order valence-corrected chi connectivity index (χ2v) is 5.91. The fraction of sp³-hybridized carbons (Fsp3) is 0.353. The van der Waals surface area contributed by atoms with Gasteiger partial charge in [0.2, 0.25) is 5.82 Å². The van der Waals surface area contributed by atoms with Crippen molar-refractivity contribution in [1.29, 1.82) is 0 Å². The van der Waals surface area contributed by atoms with Gasteiger partial charge in [0.15, 0.2) is 0 Å². The minimum Gasteiger partial charge on any atom is -0.367 e. The molecule has 1 saturated heterocycles. The highest BCUT2D eigenvalue weighted by molar-refractivity contribution is 5.82. The Morgan fingerprint density at radius 1 is 1.17 bits per heavy atom. The molecule has 118 valence electrons. The normalized spacial score (nSPS) is 19.3. The van der Waals surface area contributed by atoms with Crippen LogP contribution in [0.5, 0.6) is 0 Å². The van der Waals surface area contributed by atoms with E-state index < -0.39 is 0 Å². The van der Waals surface area contributed by atoms with Gasteiger partial charge in [0.1, 0.15) is 6.10 Å². The van der Waals surface area contributed by atoms with Crippen molar-refractivity contribution < 1.29 is 4.74 Å². The number of nitrogens with zero attached hydrogens (tertiary/aromatic N) is 5. The minimum atomic E-state index is -0.0992. The van der Waals surface area contributed by atoms with Gasteiger partial charge in [0.25, 0.3) is 0 Å². The largest absolute Gasteiger partial charge is 0.367 e. The third-order valence-corrected chi connectivity index (χ3v) is 4.18. The van der Waals surface area contributed by atoms with Crippen LogP contribution in [0.25, 0.3) is 10.8 Å². The molecular weight excluding hydrogens is 290 g/mol. The van der Waals surface area contributed by atoms with E-state index in [1.54, 1.807) is 7.05 Å². The molecular formula is C17H19N5O. The molecule has 1 fully saturated rings. The van der Waals surface area contributed by atoms with E-state index in [2.05, 4.69) is 62.8 Å². The zero-order valence-corrected chi connectivity index (χ0v) is 13.1. The lowest BCUT2D eigenvalue weighted by Gasteiger charge is -2.31. The van der Waals surface area contributed by atoms with Crippen LogP contribution in [0, 0.1) is 0 Å². The summed E-state index contributed by atoms with van der Waals surface area (Å²) in [4.78, 5) is 3.86. The standard InChI is InChI=1S/C17H19N5O/c1-21-19-17(18-20-21)16-12-22(8-9-23-16)11-13-6-7-14-4-2-3-5-15(14)10-13/h2-7,10,16H,8-9,11-12H2,1H3. The lowest BCUT2D eigenvalue weighted by atomic mass is 10.1. The molecule has 0 spiro atoms. The van der Waals surface area contributed by atoms with Crippen molar-refractivity contribution >= 4 is 10.8 Å². The van der Waals surface area contributed by atoms with Crippen LogP contribution >= 0.6 is 0 Å². The monoisotopic (exact) mass is 309 g/mol. The molecule has 6 nitrogen and oxygen atoms in total. The van der Waals surface area contributed by atoms with Gasteiger partial charge in [0.05, 0.1) is 13.7 Å². The molecule has 0 aliphatic carbocycles. The molecule has 23 heavy (non-hydrogen) atoms. The van der Waals surface area contributed by atoms with Gasteiger partial charge in [0, 0.05) is 19.6 Å². The van der Waals surface area contributed by atoms with Crippen molar-refractivity contribution in [3.8, 4) is 0 Å². The number of benzene rings is 2. The Hall–Kier alpha value is -2.31. The fourth-order valence-electron chi connectivity index (χ4n) is 3.03. The zero-order chi connectivity index (χ0) is 15.6. The van der Waals surface area contributed by atoms with E-state index in [1.165, 1.54) is 21.1 Å². The molecule has 0 N–H and O–H groups in total. The molecule has 1 aliphatic heterocycles. The van der Waals surface area contributed by atoms with Crippen molar-refractivity contribution in [2.45, 2.75) is 12.6 Å². The van der Waals surface area contributed by atoms with Crippen molar-refractivity contribution in [3.05, 3.63) is 53.9 Å². The van der Waals surface area contributed by atoms with Crippen LogP contribution in [0.2, 0.25) is 0 Å². The molecule has 2 heterocycles. The van der Waals surface area contributed by atoms with Crippen LogP contribution < -0.4 is 0 Å². The fourth-order valence-corrected chi connectivity index (χ4v) is 3.03. The summed E-state index contributed by atoms with van der Waals surface area (Å²) in [6.45, 7) is 3.31. The van der Waals surface area contributed by atoms with E-state index in [0.29, 0.717) is 12.4 Å². The smallest absolute Gasteiger partial charge is 0.204 e. The van der Waals surface area contributed by atoms with Gasteiger partial charge in [-0.25, -0.2) is 0 Å². The van der Waals surface area contributed by atoms with Crippen molar-refractivity contribution in [2.24, 2.45) is 7.05 Å². The molecule has 0 saturated carbocycles. The van der Waals surface area contributed by atoms with Crippen LogP contribution in [0.3, 0.4) is 0 Å². The average Bonchev–Trinajstić information content (AvgIpc) is 3.02. The summed E-state index contributed by atoms with van der Waals surface area (Å²) in [6.07, 6.45) is -0.0992. The van der Waals surface area contributed by atoms with Crippen molar-refractivity contribution in [2.75, 3.05) is 19.7 Å². The van der Waals surface area contributed by atoms with Crippen LogP contribution in [0.4, 0.5) is 0 Å². The summed E-state index contributed by atoms with van der Waals surface area (Å²) in [5, 5.41) is 14.8. The Morgan fingerprint density at radius 3 is 2.87 bits per heavy atom. The van der Waals surface area contributed by atoms with E-state index in [4.69, 9.17) is 4.74 Å². The molecule has 3 aromatic rings. The Labute approximate surface area is 134 Å². The van der Waals surface area contributed by atoms with E-state index >= 15 is 0 Å². The Kier molecular flexibility index (Phi) is 3.77. The number of aryl methyl sites for hydroxylation is 1. The second kappa shape index (κ2) is 6.06. The zero-order valence-electron chi connectivity index (χ0n) is 13.1. The molecule has 1 aliphatic rings. The van der Waals surface area contributed by atoms with Gasteiger partial charge in [-0.2, -0.15) is 4.80 Å². The first-order valence-corrected chi connectivity index (χ1v) is 7.83. The average molecular weight is 309 g/mol. The Morgan fingerprint density at radius 2 is 2.04 bits per heavy atom. The van der Waals surface area contributed by atoms with Gasteiger partial charge < -0.3 is 4.74 Å². The maximum absolute atomic E-state index is 5.80. The van der Waals surface area contributed by atoms with E-state index in [-0.39, 0.29) is 6.10 Å². The number of tetrazole rings is 1. The molecule has 1 aromatic heterocycles. The predicted octanol–water partition coefficient (Wildman–Crippen LogP) is 1.94. The van der Waals surface area contributed by atoms with E-state index in [0.717, 1.165) is 19.6 Å². The highest BCUT2D eigenvalue weighted by Crippen LogP contribution is 2.21. The SMILES string of the molecule is Cn1nnc(C2CN(Cc3ccc4ccccc4c3)CCO2)n1. The lowest BCUT2D eigenvalue weighted by molar-refractivity contribution is -0.0373. The maximum atomic E-state index is 5.80. The highest BCUT2D eigenvalue weighted by atomic mass is 16.5.